The third-order valence-corrected chi connectivity index (χ3v) is 8.76. The van der Waals surface area contributed by atoms with Gasteiger partial charge >= 0.3 is 40.0 Å². The van der Waals surface area contributed by atoms with Crippen molar-refractivity contribution in [2.45, 2.75) is 12.8 Å². The molecule has 19 heteroatoms. The van der Waals surface area contributed by atoms with Crippen LogP contribution < -0.4 is 49.5 Å². The molecular weight excluding hydrogens is 743 g/mol. The monoisotopic (exact) mass is 764 g/mol. The fraction of sp³-hybridized carbons (Fsp3) is 0.273. The van der Waals surface area contributed by atoms with Gasteiger partial charge in [-0.3, -0.25) is 14.1 Å². The van der Waals surface area contributed by atoms with Gasteiger partial charge in [0.05, 0.1) is 4.47 Å². The Morgan fingerprint density at radius 2 is 1.34 bits per heavy atom. The quantitative estimate of drug-likeness (QED) is 0.0298. The molecule has 0 saturated carbocycles. The van der Waals surface area contributed by atoms with Crippen LogP contribution in [0.25, 0.3) is 0 Å². The molecule has 0 radical (unpaired) electrons. The van der Waals surface area contributed by atoms with E-state index in [1.54, 1.807) is 12.1 Å². The summed E-state index contributed by atoms with van der Waals surface area (Å²) in [5, 5.41) is 41.2. The predicted octanol–water partition coefficient (Wildman–Crippen LogP) is -0.470. The molecule has 0 bridgehead atoms. The normalized spacial score (nSPS) is 11.9. The van der Waals surface area contributed by atoms with E-state index in [1.165, 1.54) is 45.9 Å². The van der Waals surface area contributed by atoms with Gasteiger partial charge in [-0.25, -0.2) is 0 Å². The largest absolute Gasteiger partial charge is 1.00 e. The summed E-state index contributed by atoms with van der Waals surface area (Å²) in [5.74, 6) is -0.428. The minimum atomic E-state index is -4.70. The van der Waals surface area contributed by atoms with Gasteiger partial charge in [-0.2, -0.15) is 8.42 Å². The summed E-state index contributed by atoms with van der Waals surface area (Å²) < 4.78 is 35.4. The van der Waals surface area contributed by atoms with Crippen LogP contribution in [-0.4, -0.2) is 71.2 Å². The summed E-state index contributed by atoms with van der Waals surface area (Å²) in [5.41, 5.74) is 0.870. The van der Waals surface area contributed by atoms with Crippen molar-refractivity contribution in [3.05, 3.63) is 56.5 Å². The van der Waals surface area contributed by atoms with E-state index in [-0.39, 0.29) is 76.3 Å². The molecule has 218 valence electrons. The van der Waals surface area contributed by atoms with Crippen molar-refractivity contribution in [3.63, 3.8) is 0 Å². The number of amides is 2. The number of rotatable bonds is 15. The minimum Gasteiger partial charge on any atom is -0.872 e. The number of hydrogen-bond acceptors (Lipinski definition) is 12. The number of nitrogens with one attached hydrogen (secondary N) is 2. The zero-order chi connectivity index (χ0) is 29.7. The smallest absolute Gasteiger partial charge is 0.872 e. The number of oxime groups is 2. The van der Waals surface area contributed by atoms with Crippen molar-refractivity contribution in [1.82, 2.24) is 10.6 Å². The van der Waals surface area contributed by atoms with Crippen LogP contribution in [-0.2, 0) is 32.8 Å². The van der Waals surface area contributed by atoms with Gasteiger partial charge in [0.15, 0.2) is 5.75 Å². The SMILES string of the molecule is O=C(NCCSSCCNC(=O)/C(Cc1ccc(OS(=O)(=O)O)c(Br)c1)=N/O)/C(Cc1ccc([O-])c(Br)c1)=N/O.[Na+]. The predicted molar refractivity (Wildman–Crippen MR) is 157 cm³/mol. The van der Waals surface area contributed by atoms with Crippen LogP contribution in [0.2, 0.25) is 0 Å². The Labute approximate surface area is 282 Å². The zero-order valence-electron chi connectivity index (χ0n) is 21.4. The van der Waals surface area contributed by atoms with Crippen LogP contribution in [0.15, 0.2) is 55.7 Å². The molecule has 0 spiro atoms. The van der Waals surface area contributed by atoms with Crippen LogP contribution in [0.3, 0.4) is 0 Å². The first-order valence-corrected chi connectivity index (χ1v) is 16.5. The molecule has 0 heterocycles. The van der Waals surface area contributed by atoms with E-state index < -0.39 is 22.2 Å². The number of hydrogen-bond donors (Lipinski definition) is 5. The Bertz CT molecular complexity index is 1380. The first-order valence-electron chi connectivity index (χ1n) is 11.1. The molecule has 0 fully saturated rings. The number of nitrogens with zero attached hydrogens (tertiary/aromatic N) is 2. The van der Waals surface area contributed by atoms with Crippen LogP contribution in [0.1, 0.15) is 11.1 Å². The van der Waals surface area contributed by atoms with Gasteiger partial charge in [0.25, 0.3) is 11.8 Å². The third kappa shape index (κ3) is 14.0. The molecule has 5 N–H and O–H groups in total. The summed E-state index contributed by atoms with van der Waals surface area (Å²) in [4.78, 5) is 24.6. The van der Waals surface area contributed by atoms with Crippen molar-refractivity contribution in [2.75, 3.05) is 24.6 Å². The summed E-state index contributed by atoms with van der Waals surface area (Å²) >= 11 is 6.23. The Balaban J connectivity index is 0.00000840. The molecule has 0 unspecified atom stereocenters. The van der Waals surface area contributed by atoms with Gasteiger partial charge < -0.3 is 30.3 Å². The number of benzene rings is 2. The van der Waals surface area contributed by atoms with Crippen molar-refractivity contribution in [1.29, 1.82) is 0 Å². The number of carbonyl (C=O) groups excluding carboxylic acids is 2. The van der Waals surface area contributed by atoms with Crippen molar-refractivity contribution >= 4 is 87.1 Å². The van der Waals surface area contributed by atoms with E-state index in [1.807, 2.05) is 0 Å². The van der Waals surface area contributed by atoms with E-state index in [9.17, 15) is 33.5 Å². The van der Waals surface area contributed by atoms with Gasteiger partial charge in [0.2, 0.25) is 0 Å². The van der Waals surface area contributed by atoms with Crippen molar-refractivity contribution < 1.29 is 71.8 Å². The molecule has 13 nitrogen and oxygen atoms in total. The van der Waals surface area contributed by atoms with E-state index in [0.29, 0.717) is 33.7 Å². The molecule has 0 aliphatic heterocycles. The second kappa shape index (κ2) is 18.9. The van der Waals surface area contributed by atoms with Crippen LogP contribution >= 0.6 is 53.4 Å². The van der Waals surface area contributed by atoms with Gasteiger partial charge in [-0.1, -0.05) is 71.8 Å². The summed E-state index contributed by atoms with van der Waals surface area (Å²) in [6.07, 6.45) is -0.0119. The Hall–Kier alpha value is -1.51. The summed E-state index contributed by atoms with van der Waals surface area (Å²) in [6, 6.07) is 8.61. The van der Waals surface area contributed by atoms with E-state index >= 15 is 0 Å². The third-order valence-electron chi connectivity index (χ3n) is 4.72. The molecule has 2 amide bonds. The topological polar surface area (TPSA) is 210 Å². The van der Waals surface area contributed by atoms with Crippen LogP contribution in [0.4, 0.5) is 0 Å². The fourth-order valence-electron chi connectivity index (χ4n) is 2.93. The maximum Gasteiger partial charge on any atom is 1.00 e. The van der Waals surface area contributed by atoms with Gasteiger partial charge in [-0.15, -0.1) is 0 Å². The standard InChI is InChI=1S/C22H24Br2N4O9S3.Na/c23-15-9-13(1-3-19(15)29)11-17(27-32)21(30)25-5-7-38-39-8-6-26-22(31)18(28-33)12-14-2-4-20(16(24)10-14)37-40(34,35)36;/h1-4,9-10,29,32-33H,5-8,11-12H2,(H,25,30)(H,26,31)(H,34,35,36);/q;+1/p-1/b27-17+,28-18+;. The molecular formula is C22H23Br2N4NaO9S3. The average Bonchev–Trinajstić information content (AvgIpc) is 2.89. The first-order chi connectivity index (χ1) is 18.9. The maximum atomic E-state index is 12.3. The second-order valence-electron chi connectivity index (χ2n) is 7.64. The van der Waals surface area contributed by atoms with E-state index in [2.05, 4.69) is 57.0 Å². The second-order valence-corrected chi connectivity index (χ2v) is 13.1. The maximum absolute atomic E-state index is 12.3. The van der Waals surface area contributed by atoms with Gasteiger partial charge in [0, 0.05) is 41.9 Å². The van der Waals surface area contributed by atoms with Gasteiger partial charge in [0.1, 0.15) is 11.4 Å². The summed E-state index contributed by atoms with van der Waals surface area (Å²) in [6.45, 7) is 0.571. The van der Waals surface area contributed by atoms with Crippen molar-refractivity contribution in [2.24, 2.45) is 10.3 Å². The average molecular weight is 766 g/mol. The van der Waals surface area contributed by atoms with Crippen LogP contribution in [0.5, 0.6) is 11.5 Å². The molecule has 0 aromatic heterocycles. The van der Waals surface area contributed by atoms with E-state index in [4.69, 9.17) is 4.55 Å². The molecule has 0 atom stereocenters. The fourth-order valence-corrected chi connectivity index (χ4v) is 6.16. The van der Waals surface area contributed by atoms with E-state index in [0.717, 1.165) is 0 Å². The number of halogens is 2. The molecule has 0 saturated heterocycles. The minimum absolute atomic E-state index is 0. The van der Waals surface area contributed by atoms with Crippen LogP contribution in [0, 0.1) is 0 Å². The Morgan fingerprint density at radius 3 is 1.76 bits per heavy atom. The molecule has 0 aliphatic carbocycles. The molecule has 0 aliphatic rings. The Kier molecular flexibility index (Phi) is 17.3. The summed E-state index contributed by atoms with van der Waals surface area (Å²) in [7, 11) is -1.81. The Morgan fingerprint density at radius 1 is 0.878 bits per heavy atom. The molecule has 2 aromatic carbocycles. The molecule has 2 rings (SSSR count). The van der Waals surface area contributed by atoms with Crippen molar-refractivity contribution in [3.8, 4) is 11.5 Å². The molecule has 2 aromatic rings. The zero-order valence-corrected chi connectivity index (χ0v) is 29.0. The van der Waals surface area contributed by atoms with Gasteiger partial charge in [-0.05, 0) is 45.3 Å². The molecule has 41 heavy (non-hydrogen) atoms. The number of carbonyl (C=O) groups is 2. The first kappa shape index (κ1) is 37.5.